The Bertz CT molecular complexity index is 832. The molecule has 27 heavy (non-hydrogen) atoms. The standard InChI is InChI=1S/C17H21BrN6O3/c1-19-15(25)14-10-24(22-21-14)11-17(27)6-8-23(9-7-17)16(26)20-13-5-3-2-4-12(13)18/h2-5,10,27H,6-9,11H2,1H3,(H,19,25)(H,20,26). The van der Waals surface area contributed by atoms with Gasteiger partial charge in [0.05, 0.1) is 24.0 Å². The molecule has 1 aliphatic rings. The molecule has 2 aromatic rings. The molecule has 1 fully saturated rings. The average molecular weight is 437 g/mol. The fraction of sp³-hybridized carbons (Fsp3) is 0.412. The van der Waals surface area contributed by atoms with E-state index in [-0.39, 0.29) is 24.2 Å². The molecule has 0 unspecified atom stereocenters. The maximum Gasteiger partial charge on any atom is 0.321 e. The van der Waals surface area contributed by atoms with Crippen LogP contribution in [0.2, 0.25) is 0 Å². The van der Waals surface area contributed by atoms with E-state index in [1.54, 1.807) is 4.90 Å². The van der Waals surface area contributed by atoms with Gasteiger partial charge in [0.1, 0.15) is 0 Å². The van der Waals surface area contributed by atoms with Crippen LogP contribution in [0.4, 0.5) is 10.5 Å². The first-order valence-electron chi connectivity index (χ1n) is 8.55. The number of halogens is 1. The Balaban J connectivity index is 1.56. The summed E-state index contributed by atoms with van der Waals surface area (Å²) in [6, 6.07) is 7.19. The van der Waals surface area contributed by atoms with E-state index in [1.807, 2.05) is 24.3 Å². The number of hydrogen-bond acceptors (Lipinski definition) is 5. The molecular weight excluding hydrogens is 416 g/mol. The van der Waals surface area contributed by atoms with Gasteiger partial charge in [-0.25, -0.2) is 9.48 Å². The number of rotatable bonds is 4. The highest BCUT2D eigenvalue weighted by atomic mass is 79.9. The highest BCUT2D eigenvalue weighted by molar-refractivity contribution is 9.10. The molecule has 0 atom stereocenters. The zero-order valence-corrected chi connectivity index (χ0v) is 16.4. The van der Waals surface area contributed by atoms with Gasteiger partial charge in [-0.3, -0.25) is 4.79 Å². The number of carbonyl (C=O) groups is 2. The van der Waals surface area contributed by atoms with Crippen LogP contribution in [0.25, 0.3) is 0 Å². The molecule has 9 nitrogen and oxygen atoms in total. The molecule has 2 heterocycles. The van der Waals surface area contributed by atoms with Crippen LogP contribution in [0.5, 0.6) is 0 Å². The molecule has 10 heteroatoms. The van der Waals surface area contributed by atoms with Gasteiger partial charge in [0.25, 0.3) is 5.91 Å². The molecule has 0 aliphatic carbocycles. The van der Waals surface area contributed by atoms with Crippen molar-refractivity contribution in [3.05, 3.63) is 40.6 Å². The van der Waals surface area contributed by atoms with Gasteiger partial charge in [-0.05, 0) is 40.9 Å². The molecule has 0 bridgehead atoms. The number of anilines is 1. The normalized spacial score (nSPS) is 16.0. The number of amides is 3. The van der Waals surface area contributed by atoms with Gasteiger partial charge in [0.15, 0.2) is 5.69 Å². The predicted molar refractivity (Wildman–Crippen MR) is 102 cm³/mol. The first-order chi connectivity index (χ1) is 12.9. The van der Waals surface area contributed by atoms with Crippen molar-refractivity contribution >= 4 is 33.6 Å². The SMILES string of the molecule is CNC(=O)c1cn(CC2(O)CCN(C(=O)Nc3ccccc3Br)CC2)nn1. The summed E-state index contributed by atoms with van der Waals surface area (Å²) >= 11 is 3.40. The second-order valence-electron chi connectivity index (χ2n) is 6.50. The van der Waals surface area contributed by atoms with E-state index < -0.39 is 5.60 Å². The lowest BCUT2D eigenvalue weighted by molar-refractivity contribution is -0.0276. The van der Waals surface area contributed by atoms with Crippen molar-refractivity contribution in [2.75, 3.05) is 25.5 Å². The lowest BCUT2D eigenvalue weighted by atomic mass is 9.91. The Hall–Kier alpha value is -2.46. The largest absolute Gasteiger partial charge is 0.388 e. The third kappa shape index (κ3) is 4.64. The molecule has 1 aromatic carbocycles. The molecule has 0 radical (unpaired) electrons. The van der Waals surface area contributed by atoms with E-state index in [0.29, 0.717) is 31.6 Å². The molecule has 0 spiro atoms. The zero-order chi connectivity index (χ0) is 19.4. The van der Waals surface area contributed by atoms with Crippen LogP contribution in [-0.2, 0) is 6.54 Å². The van der Waals surface area contributed by atoms with Crippen LogP contribution in [0.3, 0.4) is 0 Å². The summed E-state index contributed by atoms with van der Waals surface area (Å²) in [5.41, 5.74) is -0.100. The fourth-order valence-corrected chi connectivity index (χ4v) is 3.33. The highest BCUT2D eigenvalue weighted by Crippen LogP contribution is 2.26. The van der Waals surface area contributed by atoms with Crippen molar-refractivity contribution in [3.8, 4) is 0 Å². The van der Waals surface area contributed by atoms with Crippen molar-refractivity contribution < 1.29 is 14.7 Å². The third-order valence-electron chi connectivity index (χ3n) is 4.55. The number of urea groups is 1. The molecule has 1 aromatic heterocycles. The molecule has 3 amide bonds. The van der Waals surface area contributed by atoms with Gasteiger partial charge in [0, 0.05) is 24.6 Å². The van der Waals surface area contributed by atoms with Crippen LogP contribution in [-0.4, -0.2) is 62.7 Å². The number of likely N-dealkylation sites (tertiary alicyclic amines) is 1. The smallest absolute Gasteiger partial charge is 0.321 e. The number of aliphatic hydroxyl groups is 1. The molecule has 1 aliphatic heterocycles. The minimum Gasteiger partial charge on any atom is -0.388 e. The van der Waals surface area contributed by atoms with Gasteiger partial charge >= 0.3 is 6.03 Å². The number of aromatic nitrogens is 3. The van der Waals surface area contributed by atoms with E-state index in [1.165, 1.54) is 17.9 Å². The minimum absolute atomic E-state index is 0.200. The molecule has 3 N–H and O–H groups in total. The van der Waals surface area contributed by atoms with Crippen LogP contribution in [0, 0.1) is 0 Å². The summed E-state index contributed by atoms with van der Waals surface area (Å²) in [7, 11) is 1.52. The molecule has 144 valence electrons. The number of nitrogens with one attached hydrogen (secondary N) is 2. The van der Waals surface area contributed by atoms with E-state index in [0.717, 1.165) is 4.47 Å². The van der Waals surface area contributed by atoms with Gasteiger partial charge in [0.2, 0.25) is 0 Å². The Morgan fingerprint density at radius 1 is 1.30 bits per heavy atom. The van der Waals surface area contributed by atoms with Crippen LogP contribution < -0.4 is 10.6 Å². The Labute approximate surface area is 164 Å². The van der Waals surface area contributed by atoms with Crippen molar-refractivity contribution in [1.82, 2.24) is 25.2 Å². The van der Waals surface area contributed by atoms with Crippen LogP contribution in [0.1, 0.15) is 23.3 Å². The summed E-state index contributed by atoms with van der Waals surface area (Å²) in [6.07, 6.45) is 2.32. The van der Waals surface area contributed by atoms with Crippen molar-refractivity contribution in [1.29, 1.82) is 0 Å². The van der Waals surface area contributed by atoms with Gasteiger partial charge in [-0.1, -0.05) is 17.3 Å². The zero-order valence-electron chi connectivity index (χ0n) is 14.9. The summed E-state index contributed by atoms with van der Waals surface area (Å²) in [5, 5.41) is 23.8. The fourth-order valence-electron chi connectivity index (χ4n) is 2.95. The predicted octanol–water partition coefficient (Wildman–Crippen LogP) is 1.46. The minimum atomic E-state index is -1.00. The first-order valence-corrected chi connectivity index (χ1v) is 9.34. The van der Waals surface area contributed by atoms with Crippen LogP contribution >= 0.6 is 15.9 Å². The second kappa shape index (κ2) is 8.05. The number of carbonyl (C=O) groups excluding carboxylic acids is 2. The molecule has 0 saturated carbocycles. The van der Waals surface area contributed by atoms with Crippen LogP contribution in [0.15, 0.2) is 34.9 Å². The Morgan fingerprint density at radius 2 is 2.00 bits per heavy atom. The number of benzene rings is 1. The van der Waals surface area contributed by atoms with Crippen molar-refractivity contribution in [2.24, 2.45) is 0 Å². The Morgan fingerprint density at radius 3 is 2.67 bits per heavy atom. The quantitative estimate of drug-likeness (QED) is 0.671. The van der Waals surface area contributed by atoms with E-state index in [4.69, 9.17) is 0 Å². The topological polar surface area (TPSA) is 112 Å². The lowest BCUT2D eigenvalue weighted by Crippen LogP contribution is -2.49. The molecular formula is C17H21BrN6O3. The van der Waals surface area contributed by atoms with Gasteiger partial charge < -0.3 is 20.6 Å². The Kier molecular flexibility index (Phi) is 5.76. The van der Waals surface area contributed by atoms with Crippen molar-refractivity contribution in [3.63, 3.8) is 0 Å². The number of para-hydroxylation sites is 1. The second-order valence-corrected chi connectivity index (χ2v) is 7.36. The summed E-state index contributed by atoms with van der Waals surface area (Å²) in [5.74, 6) is -0.327. The maximum atomic E-state index is 12.4. The summed E-state index contributed by atoms with van der Waals surface area (Å²) < 4.78 is 2.27. The molecule has 3 rings (SSSR count). The van der Waals surface area contributed by atoms with E-state index in [9.17, 15) is 14.7 Å². The lowest BCUT2D eigenvalue weighted by Gasteiger charge is -2.37. The van der Waals surface area contributed by atoms with Gasteiger partial charge in [-0.2, -0.15) is 0 Å². The van der Waals surface area contributed by atoms with Crippen molar-refractivity contribution in [2.45, 2.75) is 25.0 Å². The average Bonchev–Trinajstić information content (AvgIpc) is 3.11. The summed E-state index contributed by atoms with van der Waals surface area (Å²) in [6.45, 7) is 1.06. The molecule has 1 saturated heterocycles. The first kappa shape index (κ1) is 19.3. The number of piperidine rings is 1. The third-order valence-corrected chi connectivity index (χ3v) is 5.24. The van der Waals surface area contributed by atoms with E-state index >= 15 is 0 Å². The highest BCUT2D eigenvalue weighted by Gasteiger charge is 2.35. The van der Waals surface area contributed by atoms with E-state index in [2.05, 4.69) is 36.9 Å². The summed E-state index contributed by atoms with van der Waals surface area (Å²) in [4.78, 5) is 25.7. The number of hydrogen-bond donors (Lipinski definition) is 3. The number of nitrogens with zero attached hydrogens (tertiary/aromatic N) is 4. The van der Waals surface area contributed by atoms with Gasteiger partial charge in [-0.15, -0.1) is 5.10 Å². The maximum absolute atomic E-state index is 12.4. The monoisotopic (exact) mass is 436 g/mol.